The fourth-order valence-corrected chi connectivity index (χ4v) is 23.0. The molecule has 1 rings (SSSR count). The third-order valence-corrected chi connectivity index (χ3v) is 20.5. The van der Waals surface area contributed by atoms with Gasteiger partial charge in [-0.25, -0.2) is 0 Å². The second-order valence-corrected chi connectivity index (χ2v) is 22.0. The highest BCUT2D eigenvalue weighted by Gasteiger charge is 2.37. The van der Waals surface area contributed by atoms with Crippen molar-refractivity contribution in [1.29, 1.82) is 0 Å². The Hall–Kier alpha value is 0.499. The van der Waals surface area contributed by atoms with Gasteiger partial charge in [-0.05, 0) is 12.3 Å². The molecule has 0 spiro atoms. The lowest BCUT2D eigenvalue weighted by Crippen LogP contribution is -2.53. The van der Waals surface area contributed by atoms with Crippen LogP contribution in [-0.4, -0.2) is 34.9 Å². The van der Waals surface area contributed by atoms with Crippen LogP contribution in [0.1, 0.15) is 0 Å². The van der Waals surface area contributed by atoms with Gasteiger partial charge >= 0.3 is 0 Å². The summed E-state index contributed by atoms with van der Waals surface area (Å²) in [7, 11) is 3.77. The zero-order valence-corrected chi connectivity index (χ0v) is 17.0. The SMILES string of the molecule is [B-]P(c1ccccc1SC)C([Si](C)(C)C)[Si](C)(C)C. The van der Waals surface area contributed by atoms with Crippen LogP contribution in [0, 0.1) is 0 Å². The maximum absolute atomic E-state index is 6.81. The molecule has 0 nitrogen and oxygen atoms in total. The van der Waals surface area contributed by atoms with Crippen molar-refractivity contribution in [2.75, 3.05) is 6.26 Å². The Morgan fingerprint density at radius 3 is 1.89 bits per heavy atom. The van der Waals surface area contributed by atoms with E-state index in [2.05, 4.69) is 69.8 Å². The minimum absolute atomic E-state index is 0.539. The van der Waals surface area contributed by atoms with Gasteiger partial charge < -0.3 is 15.4 Å². The highest BCUT2D eigenvalue weighted by Crippen LogP contribution is 2.46. The first kappa shape index (κ1) is 17.5. The molecule has 1 aromatic rings. The van der Waals surface area contributed by atoms with Crippen LogP contribution in [0.3, 0.4) is 0 Å². The lowest BCUT2D eigenvalue weighted by atomic mass is 10.4. The molecule has 0 aliphatic carbocycles. The number of hydrogen-bond acceptors (Lipinski definition) is 1. The molecule has 0 bridgehead atoms. The second kappa shape index (κ2) is 6.51. The summed E-state index contributed by atoms with van der Waals surface area (Å²) >= 11 is 1.83. The van der Waals surface area contributed by atoms with Gasteiger partial charge in [0.1, 0.15) is 0 Å². The van der Waals surface area contributed by atoms with Gasteiger partial charge in [0.15, 0.2) is 0 Å². The molecule has 0 aliphatic rings. The fraction of sp³-hybridized carbons (Fsp3) is 0.571. The van der Waals surface area contributed by atoms with Crippen molar-refractivity contribution in [2.45, 2.75) is 49.1 Å². The van der Waals surface area contributed by atoms with Crippen LogP contribution in [0.5, 0.6) is 0 Å². The van der Waals surface area contributed by atoms with Gasteiger partial charge in [0.2, 0.25) is 0 Å². The van der Waals surface area contributed by atoms with E-state index in [4.69, 9.17) is 7.57 Å². The van der Waals surface area contributed by atoms with Crippen LogP contribution in [0.2, 0.25) is 39.3 Å². The van der Waals surface area contributed by atoms with Crippen LogP contribution >= 0.6 is 19.6 Å². The molecule has 3 radical (unpaired) electrons. The molecule has 19 heavy (non-hydrogen) atoms. The molecule has 105 valence electrons. The third kappa shape index (κ3) is 4.49. The van der Waals surface area contributed by atoms with E-state index in [0.717, 1.165) is 4.91 Å². The van der Waals surface area contributed by atoms with E-state index in [9.17, 15) is 0 Å². The van der Waals surface area contributed by atoms with Gasteiger partial charge in [0, 0.05) is 21.0 Å². The molecule has 0 saturated heterocycles. The normalized spacial score (nSPS) is 14.8. The van der Waals surface area contributed by atoms with E-state index < -0.39 is 23.9 Å². The molecular formula is C14H26BPSSi2-. The largest absolute Gasteiger partial charge is 0.573 e. The molecular weight excluding hydrogens is 298 g/mol. The highest BCUT2D eigenvalue weighted by atomic mass is 32.2. The number of hydrogen-bond donors (Lipinski definition) is 0. The molecule has 0 amide bonds. The van der Waals surface area contributed by atoms with Gasteiger partial charge in [-0.2, -0.15) is 0 Å². The first-order valence-corrected chi connectivity index (χ1v) is 16.6. The van der Waals surface area contributed by atoms with E-state index in [1.54, 1.807) is 0 Å². The van der Waals surface area contributed by atoms with Crippen molar-refractivity contribution in [2.24, 2.45) is 0 Å². The summed E-state index contributed by atoms with van der Waals surface area (Å²) in [6.45, 7) is 14.9. The molecule has 0 fully saturated rings. The standard InChI is InChI=1S/C14H26BPSSi2/c1-17-13-11-9-8-10-12(13)16(15)14(18(2,3)4)19(5,6)7/h8-11,14H,1-7H3/q-1. The monoisotopic (exact) mass is 324 g/mol. The summed E-state index contributed by atoms with van der Waals surface area (Å²) in [4.78, 5) is 2.14. The van der Waals surface area contributed by atoms with Crippen molar-refractivity contribution in [1.82, 2.24) is 0 Å². The minimum atomic E-state index is -1.25. The van der Waals surface area contributed by atoms with Crippen molar-refractivity contribution < 1.29 is 0 Å². The third-order valence-electron chi connectivity index (χ3n) is 3.28. The van der Waals surface area contributed by atoms with Crippen LogP contribution in [0.15, 0.2) is 29.2 Å². The van der Waals surface area contributed by atoms with Crippen LogP contribution in [-0.2, 0) is 0 Å². The van der Waals surface area contributed by atoms with Crippen LogP contribution in [0.25, 0.3) is 0 Å². The number of thioether (sulfide) groups is 1. The molecule has 1 unspecified atom stereocenters. The molecule has 0 aromatic heterocycles. The van der Waals surface area contributed by atoms with Crippen molar-refractivity contribution in [3.63, 3.8) is 0 Å². The van der Waals surface area contributed by atoms with Crippen molar-refractivity contribution in [3.05, 3.63) is 24.3 Å². The topological polar surface area (TPSA) is 0 Å². The maximum atomic E-state index is 6.81. The summed E-state index contributed by atoms with van der Waals surface area (Å²) in [6.07, 6.45) is 2.15. The Morgan fingerprint density at radius 2 is 1.47 bits per heavy atom. The average molecular weight is 324 g/mol. The van der Waals surface area contributed by atoms with E-state index in [0.29, 0.717) is 0 Å². The smallest absolute Gasteiger partial charge is 0.0458 e. The molecule has 0 saturated carbocycles. The Bertz CT molecular complexity index is 412. The quantitative estimate of drug-likeness (QED) is 0.429. The van der Waals surface area contributed by atoms with Gasteiger partial charge in [0.25, 0.3) is 0 Å². The summed E-state index contributed by atoms with van der Waals surface area (Å²) in [6, 6.07) is 8.73. The summed E-state index contributed by atoms with van der Waals surface area (Å²) < 4.78 is 0. The molecule has 1 aromatic carbocycles. The van der Waals surface area contributed by atoms with Gasteiger partial charge in [-0.1, -0.05) is 67.7 Å². The molecule has 0 aliphatic heterocycles. The minimum Gasteiger partial charge on any atom is -0.573 e. The first-order valence-electron chi connectivity index (χ1n) is 6.76. The van der Waals surface area contributed by atoms with Gasteiger partial charge in [0.05, 0.1) is 0 Å². The summed E-state index contributed by atoms with van der Waals surface area (Å²) in [5.74, 6) is 0. The van der Waals surface area contributed by atoms with Crippen LogP contribution in [0.4, 0.5) is 0 Å². The first-order chi connectivity index (χ1) is 8.59. The molecule has 5 heteroatoms. The van der Waals surface area contributed by atoms with E-state index in [1.165, 1.54) is 10.2 Å². The predicted octanol–water partition coefficient (Wildman–Crippen LogP) is 4.72. The fourth-order valence-electron chi connectivity index (χ4n) is 3.12. The average Bonchev–Trinajstić information content (AvgIpc) is 2.24. The van der Waals surface area contributed by atoms with E-state index in [-0.39, 0.29) is 0 Å². The van der Waals surface area contributed by atoms with Crippen molar-refractivity contribution in [3.8, 4) is 0 Å². The highest BCUT2D eigenvalue weighted by molar-refractivity contribution is 8.00. The number of benzene rings is 1. The zero-order chi connectivity index (χ0) is 14.8. The lowest BCUT2D eigenvalue weighted by Gasteiger charge is -2.51. The summed E-state index contributed by atoms with van der Waals surface area (Å²) in [5.41, 5.74) is 0. The Balaban J connectivity index is 3.24. The zero-order valence-electron chi connectivity index (χ0n) is 13.3. The molecule has 0 heterocycles. The van der Waals surface area contributed by atoms with Crippen molar-refractivity contribution >= 4 is 48.6 Å². The Morgan fingerprint density at radius 1 is 1.00 bits per heavy atom. The predicted molar refractivity (Wildman–Crippen MR) is 101 cm³/mol. The molecule has 0 N–H and O–H groups in total. The van der Waals surface area contributed by atoms with Gasteiger partial charge in [-0.3, -0.25) is 0 Å². The Kier molecular flexibility index (Phi) is 6.01. The van der Waals surface area contributed by atoms with E-state index in [1.807, 2.05) is 11.8 Å². The second-order valence-electron chi connectivity index (χ2n) is 7.21. The Labute approximate surface area is 128 Å². The lowest BCUT2D eigenvalue weighted by molar-refractivity contribution is 1.44. The summed E-state index contributed by atoms with van der Waals surface area (Å²) in [5, 5.41) is 1.42. The molecule has 1 atom stereocenters. The maximum Gasteiger partial charge on any atom is 0.0458 e. The van der Waals surface area contributed by atoms with Gasteiger partial charge in [-0.15, -0.1) is 11.8 Å². The van der Waals surface area contributed by atoms with Crippen LogP contribution < -0.4 is 5.30 Å². The number of rotatable bonds is 5. The van der Waals surface area contributed by atoms with E-state index >= 15 is 0 Å².